The quantitative estimate of drug-likeness (QED) is 0.814. The SMILES string of the molecule is CN(Cc1ccc(OC(F)F)cc1)C(=O)CC12CC3CC(CC(O)(C3)C1)C2. The van der Waals surface area contributed by atoms with Gasteiger partial charge in [0.2, 0.25) is 5.91 Å². The highest BCUT2D eigenvalue weighted by Crippen LogP contribution is 2.62. The summed E-state index contributed by atoms with van der Waals surface area (Å²) in [5.41, 5.74) is 0.277. The number of amides is 1. The molecule has 4 fully saturated rings. The second kappa shape index (κ2) is 6.73. The van der Waals surface area contributed by atoms with Gasteiger partial charge in [-0.25, -0.2) is 0 Å². The number of aliphatic hydroxyl groups is 1. The van der Waals surface area contributed by atoms with Crippen LogP contribution >= 0.6 is 0 Å². The molecule has 0 heterocycles. The lowest BCUT2D eigenvalue weighted by Crippen LogP contribution is -2.56. The van der Waals surface area contributed by atoms with Crippen LogP contribution in [-0.2, 0) is 11.3 Å². The first-order valence-electron chi connectivity index (χ1n) is 9.74. The molecule has 6 heteroatoms. The third-order valence-corrected chi connectivity index (χ3v) is 6.67. The number of ether oxygens (including phenoxy) is 1. The maximum atomic E-state index is 12.9. The van der Waals surface area contributed by atoms with Crippen LogP contribution in [0.2, 0.25) is 0 Å². The van der Waals surface area contributed by atoms with E-state index in [1.165, 1.54) is 18.6 Å². The van der Waals surface area contributed by atoms with Crippen molar-refractivity contribution in [3.63, 3.8) is 0 Å². The largest absolute Gasteiger partial charge is 0.435 e. The van der Waals surface area contributed by atoms with Gasteiger partial charge in [0, 0.05) is 20.0 Å². The van der Waals surface area contributed by atoms with Gasteiger partial charge in [-0.2, -0.15) is 8.78 Å². The van der Waals surface area contributed by atoms with E-state index in [4.69, 9.17) is 0 Å². The average molecular weight is 379 g/mol. The van der Waals surface area contributed by atoms with E-state index in [1.54, 1.807) is 24.1 Å². The molecule has 5 rings (SSSR count). The number of alkyl halides is 2. The summed E-state index contributed by atoms with van der Waals surface area (Å²) in [5, 5.41) is 10.9. The van der Waals surface area contributed by atoms with E-state index >= 15 is 0 Å². The van der Waals surface area contributed by atoms with Crippen molar-refractivity contribution in [2.45, 2.75) is 63.7 Å². The fourth-order valence-electron chi connectivity index (χ4n) is 6.20. The van der Waals surface area contributed by atoms with Crippen molar-refractivity contribution >= 4 is 5.91 Å². The molecule has 1 N–H and O–H groups in total. The fourth-order valence-corrected chi connectivity index (χ4v) is 6.20. The van der Waals surface area contributed by atoms with Gasteiger partial charge < -0.3 is 14.7 Å². The van der Waals surface area contributed by atoms with Crippen molar-refractivity contribution in [3.8, 4) is 5.75 Å². The van der Waals surface area contributed by atoms with Gasteiger partial charge in [-0.15, -0.1) is 0 Å². The Bertz CT molecular complexity index is 692. The predicted octanol–water partition coefficient (Wildman–Crippen LogP) is 3.97. The van der Waals surface area contributed by atoms with Crippen LogP contribution in [0.15, 0.2) is 24.3 Å². The summed E-state index contributed by atoms with van der Waals surface area (Å²) in [6, 6.07) is 6.40. The summed E-state index contributed by atoms with van der Waals surface area (Å²) < 4.78 is 28.8. The molecule has 4 nitrogen and oxygen atoms in total. The number of carbonyl (C=O) groups is 1. The lowest BCUT2D eigenvalue weighted by molar-refractivity contribution is -0.171. The number of rotatable bonds is 6. The van der Waals surface area contributed by atoms with Crippen molar-refractivity contribution in [2.24, 2.45) is 17.3 Å². The summed E-state index contributed by atoms with van der Waals surface area (Å²) in [5.74, 6) is 1.34. The number of hydrogen-bond donors (Lipinski definition) is 1. The molecule has 0 aliphatic heterocycles. The van der Waals surface area contributed by atoms with Gasteiger partial charge in [0.1, 0.15) is 5.75 Å². The molecular formula is C21H27F2NO3. The first kappa shape index (κ1) is 18.7. The highest BCUT2D eigenvalue weighted by Gasteiger charge is 2.57. The minimum absolute atomic E-state index is 0.0425. The Morgan fingerprint density at radius 1 is 1.22 bits per heavy atom. The topological polar surface area (TPSA) is 49.8 Å². The minimum atomic E-state index is -2.84. The molecule has 4 aliphatic rings. The second-order valence-corrected chi connectivity index (χ2v) is 9.13. The normalized spacial score (nSPS) is 34.1. The first-order valence-corrected chi connectivity index (χ1v) is 9.74. The number of halogens is 2. The van der Waals surface area contributed by atoms with E-state index in [0.29, 0.717) is 24.8 Å². The minimum Gasteiger partial charge on any atom is -0.435 e. The third-order valence-electron chi connectivity index (χ3n) is 6.67. The van der Waals surface area contributed by atoms with Crippen LogP contribution in [0.25, 0.3) is 0 Å². The van der Waals surface area contributed by atoms with Crippen LogP contribution in [-0.4, -0.2) is 35.2 Å². The van der Waals surface area contributed by atoms with Crippen LogP contribution in [0.5, 0.6) is 5.75 Å². The summed E-state index contributed by atoms with van der Waals surface area (Å²) in [6.07, 6.45) is 6.39. The van der Waals surface area contributed by atoms with Gasteiger partial charge in [-0.05, 0) is 73.5 Å². The molecule has 1 amide bonds. The Labute approximate surface area is 158 Å². The monoisotopic (exact) mass is 379 g/mol. The van der Waals surface area contributed by atoms with Crippen LogP contribution in [0.3, 0.4) is 0 Å². The Hall–Kier alpha value is -1.69. The van der Waals surface area contributed by atoms with Crippen LogP contribution in [0, 0.1) is 17.3 Å². The maximum absolute atomic E-state index is 12.9. The molecule has 2 unspecified atom stereocenters. The van der Waals surface area contributed by atoms with E-state index < -0.39 is 12.2 Å². The van der Waals surface area contributed by atoms with Gasteiger partial charge in [-0.3, -0.25) is 4.79 Å². The van der Waals surface area contributed by atoms with E-state index in [2.05, 4.69) is 4.74 Å². The Kier molecular flexibility index (Phi) is 4.65. The highest BCUT2D eigenvalue weighted by molar-refractivity contribution is 5.76. The molecular weight excluding hydrogens is 352 g/mol. The molecule has 4 bridgehead atoms. The molecule has 4 aliphatic carbocycles. The molecule has 27 heavy (non-hydrogen) atoms. The highest BCUT2D eigenvalue weighted by atomic mass is 19.3. The average Bonchev–Trinajstić information content (AvgIpc) is 2.53. The lowest BCUT2D eigenvalue weighted by Gasteiger charge is -2.60. The summed E-state index contributed by atoms with van der Waals surface area (Å²) in [4.78, 5) is 14.6. The van der Waals surface area contributed by atoms with Crippen molar-refractivity contribution in [1.29, 1.82) is 0 Å². The van der Waals surface area contributed by atoms with Crippen molar-refractivity contribution in [3.05, 3.63) is 29.8 Å². The van der Waals surface area contributed by atoms with Gasteiger partial charge in [0.25, 0.3) is 0 Å². The van der Waals surface area contributed by atoms with E-state index in [9.17, 15) is 18.7 Å². The molecule has 148 valence electrons. The van der Waals surface area contributed by atoms with Gasteiger partial charge in [0.05, 0.1) is 5.60 Å². The molecule has 4 saturated carbocycles. The summed E-state index contributed by atoms with van der Waals surface area (Å²) in [6.45, 7) is -2.41. The van der Waals surface area contributed by atoms with E-state index in [0.717, 1.165) is 37.7 Å². The molecule has 1 aromatic rings. The third kappa shape index (κ3) is 3.96. The Balaban J connectivity index is 1.37. The second-order valence-electron chi connectivity index (χ2n) is 9.13. The van der Waals surface area contributed by atoms with Gasteiger partial charge in [0.15, 0.2) is 0 Å². The van der Waals surface area contributed by atoms with Gasteiger partial charge >= 0.3 is 6.61 Å². The zero-order valence-electron chi connectivity index (χ0n) is 15.7. The summed E-state index contributed by atoms with van der Waals surface area (Å²) >= 11 is 0. The maximum Gasteiger partial charge on any atom is 0.387 e. The van der Waals surface area contributed by atoms with Crippen LogP contribution < -0.4 is 4.74 Å². The predicted molar refractivity (Wildman–Crippen MR) is 96.2 cm³/mol. The van der Waals surface area contributed by atoms with E-state index in [-0.39, 0.29) is 17.1 Å². The zero-order valence-corrected chi connectivity index (χ0v) is 15.7. The number of carbonyl (C=O) groups excluding carboxylic acids is 1. The molecule has 0 radical (unpaired) electrons. The van der Waals surface area contributed by atoms with Crippen LogP contribution in [0.4, 0.5) is 8.78 Å². The molecule has 1 aromatic carbocycles. The number of benzene rings is 1. The first-order chi connectivity index (χ1) is 12.7. The standard InChI is InChI=1S/C21H27F2NO3/c1-24(12-14-2-4-17(5-3-14)27-19(22)23)18(25)11-20-7-15-6-16(8-20)10-21(26,9-15)13-20/h2-5,15-16,19,26H,6-13H2,1H3. The Morgan fingerprint density at radius 3 is 2.41 bits per heavy atom. The number of nitrogens with zero attached hydrogens (tertiary/aromatic N) is 1. The number of hydrogen-bond acceptors (Lipinski definition) is 3. The smallest absolute Gasteiger partial charge is 0.387 e. The van der Waals surface area contributed by atoms with Crippen molar-refractivity contribution in [2.75, 3.05) is 7.05 Å². The molecule has 0 aromatic heterocycles. The Morgan fingerprint density at radius 2 is 1.85 bits per heavy atom. The van der Waals surface area contributed by atoms with Crippen LogP contribution in [0.1, 0.15) is 50.5 Å². The van der Waals surface area contributed by atoms with Crippen molar-refractivity contribution in [1.82, 2.24) is 4.90 Å². The lowest BCUT2D eigenvalue weighted by atomic mass is 9.47. The van der Waals surface area contributed by atoms with E-state index in [1.807, 2.05) is 0 Å². The molecule has 0 spiro atoms. The zero-order chi connectivity index (χ0) is 19.2. The van der Waals surface area contributed by atoms with Gasteiger partial charge in [-0.1, -0.05) is 12.1 Å². The molecule has 0 saturated heterocycles. The molecule has 2 atom stereocenters. The summed E-state index contributed by atoms with van der Waals surface area (Å²) in [7, 11) is 1.78. The fraction of sp³-hybridized carbons (Fsp3) is 0.667. The van der Waals surface area contributed by atoms with Crippen molar-refractivity contribution < 1.29 is 23.4 Å².